The van der Waals surface area contributed by atoms with Gasteiger partial charge in [0.2, 0.25) is 4.96 Å². The average Bonchev–Trinajstić information content (AvgIpc) is 3.42. The fourth-order valence-corrected chi connectivity index (χ4v) is 4.35. The van der Waals surface area contributed by atoms with Crippen LogP contribution in [0, 0.1) is 6.92 Å². The smallest absolute Gasteiger partial charge is 0.257 e. The van der Waals surface area contributed by atoms with E-state index in [1.807, 2.05) is 32.0 Å². The maximum absolute atomic E-state index is 12.6. The zero-order valence-electron chi connectivity index (χ0n) is 19.3. The van der Waals surface area contributed by atoms with Gasteiger partial charge in [-0.1, -0.05) is 31.6 Å². The fraction of sp³-hybridized carbons (Fsp3) is 0.292. The van der Waals surface area contributed by atoms with E-state index in [4.69, 9.17) is 17.0 Å². The molecule has 4 rings (SSSR count). The normalized spacial score (nSPS) is 10.9. The van der Waals surface area contributed by atoms with Crippen molar-refractivity contribution in [3.63, 3.8) is 0 Å². The molecule has 2 heterocycles. The predicted molar refractivity (Wildman–Crippen MR) is 139 cm³/mol. The van der Waals surface area contributed by atoms with E-state index in [2.05, 4.69) is 32.9 Å². The number of thiocarbonyl (C=S) groups is 1. The van der Waals surface area contributed by atoms with E-state index >= 15 is 0 Å². The summed E-state index contributed by atoms with van der Waals surface area (Å²) in [6, 6.07) is 13.0. The minimum absolute atomic E-state index is 0.232. The Bertz CT molecular complexity index is 1310. The molecule has 2 aromatic heterocycles. The molecule has 10 heteroatoms. The molecule has 1 amide bonds. The Morgan fingerprint density at radius 2 is 1.94 bits per heavy atom. The summed E-state index contributed by atoms with van der Waals surface area (Å²) in [7, 11) is 0. The number of carbonyl (C=O) groups excluding carboxylic acids is 1. The summed E-state index contributed by atoms with van der Waals surface area (Å²) in [5.41, 5.74) is 3.28. The lowest BCUT2D eigenvalue weighted by Gasteiger charge is -2.13. The molecule has 4 aromatic rings. The number of ether oxygens (including phenoxy) is 1. The minimum atomic E-state index is -0.279. The van der Waals surface area contributed by atoms with E-state index in [1.165, 1.54) is 11.3 Å². The lowest BCUT2D eigenvalue weighted by atomic mass is 10.1. The Hall–Kier alpha value is -3.37. The number of benzene rings is 2. The Labute approximate surface area is 207 Å². The number of fused-ring (bicyclic) bond motifs is 1. The van der Waals surface area contributed by atoms with E-state index in [0.29, 0.717) is 12.2 Å². The molecule has 0 aliphatic rings. The van der Waals surface area contributed by atoms with Crippen LogP contribution < -0.4 is 15.4 Å². The molecule has 0 saturated carbocycles. The number of anilines is 1. The number of nitrogens with zero attached hydrogens (tertiary/aromatic N) is 4. The van der Waals surface area contributed by atoms with Crippen LogP contribution in [-0.2, 0) is 6.42 Å². The van der Waals surface area contributed by atoms with Crippen LogP contribution in [0.3, 0.4) is 0 Å². The molecule has 0 aliphatic heterocycles. The first kappa shape index (κ1) is 23.8. The molecule has 0 bridgehead atoms. The number of amides is 1. The largest absolute Gasteiger partial charge is 0.494 e. The van der Waals surface area contributed by atoms with Crippen molar-refractivity contribution < 1.29 is 9.53 Å². The van der Waals surface area contributed by atoms with Gasteiger partial charge in [0.1, 0.15) is 10.8 Å². The third kappa shape index (κ3) is 5.40. The lowest BCUT2D eigenvalue weighted by molar-refractivity contribution is 0.0977. The highest BCUT2D eigenvalue weighted by Gasteiger charge is 2.14. The second kappa shape index (κ2) is 10.7. The summed E-state index contributed by atoms with van der Waals surface area (Å²) < 4.78 is 7.43. The molecule has 0 radical (unpaired) electrons. The van der Waals surface area contributed by atoms with Gasteiger partial charge in [0.15, 0.2) is 10.9 Å². The maximum Gasteiger partial charge on any atom is 0.257 e. The monoisotopic (exact) mass is 494 g/mol. The third-order valence-electron chi connectivity index (χ3n) is 5.20. The first-order chi connectivity index (χ1) is 16.5. The second-order valence-electron chi connectivity index (χ2n) is 7.74. The minimum Gasteiger partial charge on any atom is -0.494 e. The molecule has 0 unspecified atom stereocenters. The third-order valence-corrected chi connectivity index (χ3v) is 6.36. The van der Waals surface area contributed by atoms with Crippen molar-refractivity contribution in [1.29, 1.82) is 0 Å². The van der Waals surface area contributed by atoms with Gasteiger partial charge in [-0.15, -0.1) is 10.2 Å². The summed E-state index contributed by atoms with van der Waals surface area (Å²) in [4.78, 5) is 13.3. The summed E-state index contributed by atoms with van der Waals surface area (Å²) in [6.45, 7) is 6.79. The number of aryl methyl sites for hydroxylation is 2. The number of unbranched alkanes of at least 4 members (excludes halogenated alkanes) is 1. The molecule has 0 aliphatic carbocycles. The highest BCUT2D eigenvalue weighted by atomic mass is 32.1. The van der Waals surface area contributed by atoms with Crippen LogP contribution in [0.15, 0.2) is 42.5 Å². The Balaban J connectivity index is 1.38. The molecular weight excluding hydrogens is 468 g/mol. The van der Waals surface area contributed by atoms with Gasteiger partial charge in [-0.05, 0) is 73.6 Å². The van der Waals surface area contributed by atoms with Crippen molar-refractivity contribution in [1.82, 2.24) is 25.1 Å². The van der Waals surface area contributed by atoms with Crippen LogP contribution in [-0.4, -0.2) is 37.4 Å². The molecule has 2 aromatic carbocycles. The van der Waals surface area contributed by atoms with Gasteiger partial charge in [-0.25, -0.2) is 0 Å². The van der Waals surface area contributed by atoms with Crippen molar-refractivity contribution in [3.05, 3.63) is 59.4 Å². The molecule has 34 heavy (non-hydrogen) atoms. The van der Waals surface area contributed by atoms with Crippen LogP contribution in [0.4, 0.5) is 5.69 Å². The quantitative estimate of drug-likeness (QED) is 0.262. The summed E-state index contributed by atoms with van der Waals surface area (Å²) in [6.07, 6.45) is 2.84. The zero-order valence-corrected chi connectivity index (χ0v) is 20.9. The molecule has 0 atom stereocenters. The van der Waals surface area contributed by atoms with Crippen LogP contribution in [0.1, 0.15) is 48.4 Å². The molecule has 0 spiro atoms. The van der Waals surface area contributed by atoms with Gasteiger partial charge in [-0.2, -0.15) is 9.61 Å². The topological polar surface area (TPSA) is 93.4 Å². The van der Waals surface area contributed by atoms with Gasteiger partial charge in [0.25, 0.3) is 5.91 Å². The van der Waals surface area contributed by atoms with Crippen LogP contribution >= 0.6 is 23.6 Å². The molecule has 8 nitrogen and oxygen atoms in total. The molecule has 0 saturated heterocycles. The fourth-order valence-electron chi connectivity index (χ4n) is 3.30. The first-order valence-electron chi connectivity index (χ1n) is 11.2. The van der Waals surface area contributed by atoms with E-state index in [9.17, 15) is 4.79 Å². The maximum atomic E-state index is 12.6. The average molecular weight is 495 g/mol. The van der Waals surface area contributed by atoms with Crippen LogP contribution in [0.25, 0.3) is 15.5 Å². The van der Waals surface area contributed by atoms with E-state index in [0.717, 1.165) is 57.6 Å². The Morgan fingerprint density at radius 1 is 1.15 bits per heavy atom. The molecule has 0 fully saturated rings. The molecule has 2 N–H and O–H groups in total. The second-order valence-corrected chi connectivity index (χ2v) is 9.10. The SMILES string of the molecule is CCCCOc1ccc(C(=O)NC(=S)Nc2ccc(-c3nn4c(CC)nnc4s3)cc2C)cc1. The van der Waals surface area contributed by atoms with Crippen molar-refractivity contribution in [2.45, 2.75) is 40.0 Å². The number of carbonyl (C=O) groups is 1. The van der Waals surface area contributed by atoms with Gasteiger partial charge in [-0.3, -0.25) is 10.1 Å². The van der Waals surface area contributed by atoms with Gasteiger partial charge in [0, 0.05) is 23.2 Å². The predicted octanol–water partition coefficient (Wildman–Crippen LogP) is 5.03. The molecular formula is C24H26N6O2S2. The van der Waals surface area contributed by atoms with Crippen molar-refractivity contribution in [3.8, 4) is 16.3 Å². The molecule has 176 valence electrons. The number of nitrogens with one attached hydrogen (secondary N) is 2. The van der Waals surface area contributed by atoms with Gasteiger partial charge >= 0.3 is 0 Å². The highest BCUT2D eigenvalue weighted by molar-refractivity contribution is 7.80. The highest BCUT2D eigenvalue weighted by Crippen LogP contribution is 2.28. The van der Waals surface area contributed by atoms with E-state index < -0.39 is 0 Å². The standard InChI is InChI=1S/C24H26N6O2S2/c1-4-6-13-32-18-10-7-16(8-11-18)21(31)26-23(33)25-19-12-9-17(14-15(19)3)22-29-30-20(5-2)27-28-24(30)34-22/h7-12,14H,4-6,13H2,1-3H3,(H2,25,26,31,33). The van der Waals surface area contributed by atoms with Crippen LogP contribution in [0.5, 0.6) is 5.75 Å². The summed E-state index contributed by atoms with van der Waals surface area (Å²) in [5, 5.41) is 19.9. The Morgan fingerprint density at radius 3 is 2.65 bits per heavy atom. The first-order valence-corrected chi connectivity index (χ1v) is 12.4. The van der Waals surface area contributed by atoms with Crippen molar-refractivity contribution in [2.75, 3.05) is 11.9 Å². The summed E-state index contributed by atoms with van der Waals surface area (Å²) in [5.74, 6) is 1.31. The van der Waals surface area contributed by atoms with Crippen molar-refractivity contribution >= 4 is 45.2 Å². The number of hydrogen-bond donors (Lipinski definition) is 2. The zero-order chi connectivity index (χ0) is 24.1. The Kier molecular flexibility index (Phi) is 7.49. The van der Waals surface area contributed by atoms with E-state index in [1.54, 1.807) is 28.8 Å². The number of aromatic nitrogens is 4. The van der Waals surface area contributed by atoms with Gasteiger partial charge < -0.3 is 10.1 Å². The van der Waals surface area contributed by atoms with Gasteiger partial charge in [0.05, 0.1) is 6.61 Å². The number of hydrogen-bond acceptors (Lipinski definition) is 7. The lowest BCUT2D eigenvalue weighted by Crippen LogP contribution is -2.34. The van der Waals surface area contributed by atoms with Crippen molar-refractivity contribution in [2.24, 2.45) is 0 Å². The number of rotatable bonds is 8. The van der Waals surface area contributed by atoms with E-state index in [-0.39, 0.29) is 11.0 Å². The summed E-state index contributed by atoms with van der Waals surface area (Å²) >= 11 is 6.85. The van der Waals surface area contributed by atoms with Crippen LogP contribution in [0.2, 0.25) is 0 Å².